The van der Waals surface area contributed by atoms with Crippen LogP contribution in [0.5, 0.6) is 5.75 Å². The molecule has 0 heterocycles. The lowest BCUT2D eigenvalue weighted by Crippen LogP contribution is -2.15. The zero-order chi connectivity index (χ0) is 16.3. The van der Waals surface area contributed by atoms with E-state index in [1.165, 1.54) is 56.9 Å². The highest BCUT2D eigenvalue weighted by molar-refractivity contribution is 5.31. The molecule has 0 saturated carbocycles. The average Bonchev–Trinajstić information content (AvgIpc) is 2.54. The van der Waals surface area contributed by atoms with E-state index >= 15 is 0 Å². The van der Waals surface area contributed by atoms with Gasteiger partial charge in [0.2, 0.25) is 0 Å². The highest BCUT2D eigenvalue weighted by atomic mass is 16.5. The van der Waals surface area contributed by atoms with Gasteiger partial charge >= 0.3 is 0 Å². The van der Waals surface area contributed by atoms with Gasteiger partial charge in [-0.05, 0) is 36.0 Å². The van der Waals surface area contributed by atoms with Crippen molar-refractivity contribution in [1.29, 1.82) is 0 Å². The molecule has 1 rings (SSSR count). The Morgan fingerprint density at radius 3 is 1.86 bits per heavy atom. The molecule has 1 aromatic rings. The van der Waals surface area contributed by atoms with Crippen molar-refractivity contribution < 1.29 is 4.74 Å². The van der Waals surface area contributed by atoms with E-state index in [-0.39, 0.29) is 5.41 Å². The first-order chi connectivity index (χ1) is 10.6. The van der Waals surface area contributed by atoms with E-state index in [4.69, 9.17) is 4.74 Å². The van der Waals surface area contributed by atoms with Gasteiger partial charge in [0.05, 0.1) is 6.61 Å². The summed E-state index contributed by atoms with van der Waals surface area (Å²) in [6.45, 7) is 9.96. The van der Waals surface area contributed by atoms with Crippen molar-refractivity contribution in [2.24, 2.45) is 0 Å². The molecule has 0 radical (unpaired) electrons. The Labute approximate surface area is 138 Å². The number of ether oxygens (including phenoxy) is 1. The summed E-state index contributed by atoms with van der Waals surface area (Å²) in [5.41, 5.74) is 1.66. The van der Waals surface area contributed by atoms with Crippen LogP contribution in [-0.2, 0) is 5.41 Å². The second-order valence-corrected chi connectivity index (χ2v) is 7.09. The largest absolute Gasteiger partial charge is 0.494 e. The van der Waals surface area contributed by atoms with Gasteiger partial charge in [-0.2, -0.15) is 0 Å². The molecule has 0 N–H and O–H groups in total. The zero-order valence-electron chi connectivity index (χ0n) is 15.3. The predicted octanol–water partition coefficient (Wildman–Crippen LogP) is 6.89. The van der Waals surface area contributed by atoms with E-state index < -0.39 is 0 Å². The SMILES string of the molecule is CCCCCCCCCCOc1ccc(C(C)(C)CC)cc1. The summed E-state index contributed by atoms with van der Waals surface area (Å²) >= 11 is 0. The van der Waals surface area contributed by atoms with Crippen molar-refractivity contribution in [2.45, 2.75) is 90.9 Å². The van der Waals surface area contributed by atoms with Crippen molar-refractivity contribution >= 4 is 0 Å². The van der Waals surface area contributed by atoms with Gasteiger partial charge in [-0.3, -0.25) is 0 Å². The van der Waals surface area contributed by atoms with Crippen LogP contribution in [0.2, 0.25) is 0 Å². The molecule has 0 aliphatic carbocycles. The minimum absolute atomic E-state index is 0.260. The maximum Gasteiger partial charge on any atom is 0.119 e. The Morgan fingerprint density at radius 2 is 1.32 bits per heavy atom. The summed E-state index contributed by atoms with van der Waals surface area (Å²) in [5.74, 6) is 1.01. The molecule has 0 aliphatic rings. The van der Waals surface area contributed by atoms with Crippen molar-refractivity contribution in [3.05, 3.63) is 29.8 Å². The maximum atomic E-state index is 5.85. The first kappa shape index (κ1) is 19.1. The van der Waals surface area contributed by atoms with E-state index in [1.54, 1.807) is 0 Å². The van der Waals surface area contributed by atoms with Gasteiger partial charge in [0.1, 0.15) is 5.75 Å². The molecule has 1 nitrogen and oxygen atoms in total. The van der Waals surface area contributed by atoms with Crippen molar-refractivity contribution in [3.63, 3.8) is 0 Å². The molecule has 22 heavy (non-hydrogen) atoms. The fourth-order valence-electron chi connectivity index (χ4n) is 2.63. The molecule has 0 amide bonds. The molecule has 0 atom stereocenters. The Hall–Kier alpha value is -0.980. The molecule has 0 fully saturated rings. The molecule has 0 saturated heterocycles. The topological polar surface area (TPSA) is 9.23 Å². The molecule has 0 unspecified atom stereocenters. The molecular weight excluding hydrogens is 268 g/mol. The number of hydrogen-bond acceptors (Lipinski definition) is 1. The lowest BCUT2D eigenvalue weighted by atomic mass is 9.82. The van der Waals surface area contributed by atoms with Crippen LogP contribution in [0.4, 0.5) is 0 Å². The summed E-state index contributed by atoms with van der Waals surface area (Å²) < 4.78 is 5.85. The second kappa shape index (κ2) is 10.7. The predicted molar refractivity (Wildman–Crippen MR) is 97.9 cm³/mol. The third-order valence-corrected chi connectivity index (χ3v) is 4.79. The molecule has 0 aromatic heterocycles. The van der Waals surface area contributed by atoms with Crippen molar-refractivity contribution in [2.75, 3.05) is 6.61 Å². The Balaban J connectivity index is 2.13. The summed E-state index contributed by atoms with van der Waals surface area (Å²) in [7, 11) is 0. The van der Waals surface area contributed by atoms with Gasteiger partial charge in [0, 0.05) is 0 Å². The first-order valence-electron chi connectivity index (χ1n) is 9.33. The van der Waals surface area contributed by atoms with Gasteiger partial charge in [0.15, 0.2) is 0 Å². The number of benzene rings is 1. The van der Waals surface area contributed by atoms with Gasteiger partial charge < -0.3 is 4.74 Å². The second-order valence-electron chi connectivity index (χ2n) is 7.09. The molecule has 1 aromatic carbocycles. The highest BCUT2D eigenvalue weighted by Crippen LogP contribution is 2.28. The van der Waals surface area contributed by atoms with Crippen LogP contribution >= 0.6 is 0 Å². The summed E-state index contributed by atoms with van der Waals surface area (Å²) in [4.78, 5) is 0. The highest BCUT2D eigenvalue weighted by Gasteiger charge is 2.17. The van der Waals surface area contributed by atoms with Crippen LogP contribution in [0.15, 0.2) is 24.3 Å². The average molecular weight is 305 g/mol. The fraction of sp³-hybridized carbons (Fsp3) is 0.714. The van der Waals surface area contributed by atoms with Crippen molar-refractivity contribution in [3.8, 4) is 5.75 Å². The minimum Gasteiger partial charge on any atom is -0.494 e. The van der Waals surface area contributed by atoms with Crippen LogP contribution in [0, 0.1) is 0 Å². The lowest BCUT2D eigenvalue weighted by molar-refractivity contribution is 0.304. The summed E-state index contributed by atoms with van der Waals surface area (Å²) in [6, 6.07) is 8.67. The first-order valence-corrected chi connectivity index (χ1v) is 9.33. The Bertz CT molecular complexity index is 377. The van der Waals surface area contributed by atoms with E-state index in [2.05, 4.69) is 52.0 Å². The number of unbranched alkanes of at least 4 members (excludes halogenated alkanes) is 7. The monoisotopic (exact) mass is 304 g/mol. The lowest BCUT2D eigenvalue weighted by Gasteiger charge is -2.23. The maximum absolute atomic E-state index is 5.85. The van der Waals surface area contributed by atoms with Gasteiger partial charge in [-0.15, -0.1) is 0 Å². The third-order valence-electron chi connectivity index (χ3n) is 4.79. The van der Waals surface area contributed by atoms with E-state index in [0.717, 1.165) is 18.8 Å². The smallest absolute Gasteiger partial charge is 0.119 e. The normalized spacial score (nSPS) is 11.6. The van der Waals surface area contributed by atoms with Gasteiger partial charge in [-0.25, -0.2) is 0 Å². The van der Waals surface area contributed by atoms with Crippen LogP contribution in [0.25, 0.3) is 0 Å². The third kappa shape index (κ3) is 7.33. The van der Waals surface area contributed by atoms with Crippen molar-refractivity contribution in [1.82, 2.24) is 0 Å². The standard InChI is InChI=1S/C21H36O/c1-5-7-8-9-10-11-12-13-18-22-20-16-14-19(15-17-20)21(3,4)6-2/h14-17H,5-13,18H2,1-4H3. The van der Waals surface area contributed by atoms with Crippen LogP contribution in [-0.4, -0.2) is 6.61 Å². The molecule has 126 valence electrons. The molecule has 0 spiro atoms. The molecule has 0 aliphatic heterocycles. The zero-order valence-corrected chi connectivity index (χ0v) is 15.3. The number of rotatable bonds is 12. The van der Waals surface area contributed by atoms with E-state index in [1.807, 2.05) is 0 Å². The van der Waals surface area contributed by atoms with Gasteiger partial charge in [0.25, 0.3) is 0 Å². The quantitative estimate of drug-likeness (QED) is 0.382. The van der Waals surface area contributed by atoms with Crippen LogP contribution in [0.1, 0.15) is 91.0 Å². The van der Waals surface area contributed by atoms with Crippen LogP contribution in [0.3, 0.4) is 0 Å². The van der Waals surface area contributed by atoms with E-state index in [0.29, 0.717) is 0 Å². The number of hydrogen-bond donors (Lipinski definition) is 0. The van der Waals surface area contributed by atoms with Crippen LogP contribution < -0.4 is 4.74 Å². The van der Waals surface area contributed by atoms with Gasteiger partial charge in [-0.1, -0.05) is 84.8 Å². The molecular formula is C21H36O. The minimum atomic E-state index is 0.260. The summed E-state index contributed by atoms with van der Waals surface area (Å²) in [6.07, 6.45) is 11.9. The fourth-order valence-corrected chi connectivity index (χ4v) is 2.63. The Kier molecular flexibility index (Phi) is 9.27. The molecule has 0 bridgehead atoms. The Morgan fingerprint density at radius 1 is 0.773 bits per heavy atom. The van der Waals surface area contributed by atoms with E-state index in [9.17, 15) is 0 Å². The summed E-state index contributed by atoms with van der Waals surface area (Å²) in [5, 5.41) is 0. The molecule has 1 heteroatoms.